The summed E-state index contributed by atoms with van der Waals surface area (Å²) in [5, 5.41) is 12.3. The quantitative estimate of drug-likeness (QED) is 0.140. The Morgan fingerprint density at radius 1 is 1.14 bits per heavy atom. The summed E-state index contributed by atoms with van der Waals surface area (Å²) in [4.78, 5) is 43.3. The number of aryl methyl sites for hydroxylation is 1. The van der Waals surface area contributed by atoms with E-state index in [1.54, 1.807) is 63.2 Å². The molecule has 1 aromatic heterocycles. The van der Waals surface area contributed by atoms with Gasteiger partial charge in [0.25, 0.3) is 11.2 Å². The van der Waals surface area contributed by atoms with E-state index in [0.717, 1.165) is 16.9 Å². The standard InChI is InChI=1S/C32H28ClN3O7S/c1-5-42-31(38)28-19(3)34-32-35(29(28)21-12-10-18(2)24(16-21)36(39)40)30(37)27(44-32)15-20-11-13-25(26(14-20)41-4)43-17-22-8-6-7-9-23(22)33/h6-16,29H,5,17H2,1-4H3/b27-15+/t29-/m0/s1. The Morgan fingerprint density at radius 3 is 2.61 bits per heavy atom. The molecule has 0 spiro atoms. The second kappa shape index (κ2) is 12.9. The van der Waals surface area contributed by atoms with E-state index < -0.39 is 22.5 Å². The van der Waals surface area contributed by atoms with Crippen molar-refractivity contribution in [2.75, 3.05) is 13.7 Å². The minimum atomic E-state index is -0.970. The van der Waals surface area contributed by atoms with Crippen molar-refractivity contribution in [2.45, 2.75) is 33.4 Å². The number of esters is 1. The van der Waals surface area contributed by atoms with Crippen LogP contribution >= 0.6 is 22.9 Å². The first-order chi connectivity index (χ1) is 21.1. The summed E-state index contributed by atoms with van der Waals surface area (Å²) in [6.45, 7) is 5.32. The van der Waals surface area contributed by atoms with Gasteiger partial charge in [0.15, 0.2) is 16.3 Å². The normalized spacial score (nSPS) is 14.6. The van der Waals surface area contributed by atoms with Gasteiger partial charge in [-0.05, 0) is 56.2 Å². The first kappa shape index (κ1) is 30.7. The average molecular weight is 634 g/mol. The van der Waals surface area contributed by atoms with Crippen LogP contribution in [0.4, 0.5) is 5.69 Å². The predicted octanol–water partition coefficient (Wildman–Crippen LogP) is 5.26. The number of ether oxygens (including phenoxy) is 3. The van der Waals surface area contributed by atoms with Crippen LogP contribution in [0.15, 0.2) is 81.7 Å². The number of nitrogens with zero attached hydrogens (tertiary/aromatic N) is 3. The van der Waals surface area contributed by atoms with Gasteiger partial charge in [-0.25, -0.2) is 9.79 Å². The SMILES string of the molecule is CCOC(=O)C1=C(C)N=c2s/c(=C/c3ccc(OCc4ccccc4Cl)c(OC)c3)c(=O)n2[C@H]1c1ccc(C)c([N+](=O)[O-])c1. The second-order valence-corrected chi connectivity index (χ2v) is 11.3. The van der Waals surface area contributed by atoms with Crippen LogP contribution in [0.2, 0.25) is 5.02 Å². The number of carbonyl (C=O) groups is 1. The lowest BCUT2D eigenvalue weighted by Crippen LogP contribution is -2.40. The lowest BCUT2D eigenvalue weighted by molar-refractivity contribution is -0.385. The lowest BCUT2D eigenvalue weighted by Gasteiger charge is -2.24. The highest BCUT2D eigenvalue weighted by molar-refractivity contribution is 7.07. The van der Waals surface area contributed by atoms with Gasteiger partial charge in [0.05, 0.1) is 40.5 Å². The van der Waals surface area contributed by atoms with Crippen molar-refractivity contribution in [3.63, 3.8) is 0 Å². The van der Waals surface area contributed by atoms with E-state index in [1.165, 1.54) is 17.7 Å². The number of nitro groups is 1. The van der Waals surface area contributed by atoms with Gasteiger partial charge < -0.3 is 14.2 Å². The molecule has 0 saturated carbocycles. The number of hydrogen-bond acceptors (Lipinski definition) is 9. The number of aromatic nitrogens is 1. The van der Waals surface area contributed by atoms with Gasteiger partial charge in [0.1, 0.15) is 6.61 Å². The molecule has 0 N–H and O–H groups in total. The van der Waals surface area contributed by atoms with Crippen molar-refractivity contribution in [1.82, 2.24) is 4.57 Å². The molecule has 1 atom stereocenters. The average Bonchev–Trinajstić information content (AvgIpc) is 3.30. The summed E-state index contributed by atoms with van der Waals surface area (Å²) in [5.41, 5.74) is 2.33. The molecule has 0 bridgehead atoms. The van der Waals surface area contributed by atoms with Crippen LogP contribution < -0.4 is 24.4 Å². The molecule has 5 rings (SSSR count). The van der Waals surface area contributed by atoms with Gasteiger partial charge in [-0.3, -0.25) is 19.5 Å². The maximum Gasteiger partial charge on any atom is 0.338 e. The van der Waals surface area contributed by atoms with E-state index in [-0.39, 0.29) is 24.5 Å². The Hall–Kier alpha value is -4.74. The third kappa shape index (κ3) is 6.01. The zero-order valence-corrected chi connectivity index (χ0v) is 25.9. The third-order valence-corrected chi connectivity index (χ3v) is 8.44. The number of fused-ring (bicyclic) bond motifs is 1. The van der Waals surface area contributed by atoms with Gasteiger partial charge >= 0.3 is 5.97 Å². The Bertz CT molecular complexity index is 2000. The number of halogens is 1. The van der Waals surface area contributed by atoms with Crippen molar-refractivity contribution < 1.29 is 23.9 Å². The molecule has 1 aliphatic rings. The van der Waals surface area contributed by atoms with Gasteiger partial charge in [-0.2, -0.15) is 0 Å². The zero-order valence-electron chi connectivity index (χ0n) is 24.3. The molecule has 0 unspecified atom stereocenters. The third-order valence-electron chi connectivity index (χ3n) is 7.09. The molecule has 0 saturated heterocycles. The van der Waals surface area contributed by atoms with Gasteiger partial charge in [-0.1, -0.05) is 59.3 Å². The van der Waals surface area contributed by atoms with Gasteiger partial charge in [0, 0.05) is 22.2 Å². The number of hydrogen-bond donors (Lipinski definition) is 0. The zero-order chi connectivity index (χ0) is 31.5. The number of allylic oxidation sites excluding steroid dienone is 1. The molecule has 12 heteroatoms. The number of thiazole rings is 1. The second-order valence-electron chi connectivity index (χ2n) is 9.90. The molecular formula is C32H28ClN3O7S. The number of nitro benzene ring substituents is 1. The minimum Gasteiger partial charge on any atom is -0.493 e. The summed E-state index contributed by atoms with van der Waals surface area (Å²) in [6.07, 6.45) is 1.70. The smallest absolute Gasteiger partial charge is 0.338 e. The molecule has 2 heterocycles. The molecule has 10 nitrogen and oxygen atoms in total. The highest BCUT2D eigenvalue weighted by atomic mass is 35.5. The maximum absolute atomic E-state index is 13.9. The largest absolute Gasteiger partial charge is 0.493 e. The van der Waals surface area contributed by atoms with Crippen LogP contribution in [0.3, 0.4) is 0 Å². The minimum absolute atomic E-state index is 0.112. The van der Waals surface area contributed by atoms with E-state index in [2.05, 4.69) is 4.99 Å². The van der Waals surface area contributed by atoms with Crippen molar-refractivity contribution in [2.24, 2.45) is 4.99 Å². The van der Waals surface area contributed by atoms with E-state index in [0.29, 0.717) is 48.2 Å². The van der Waals surface area contributed by atoms with E-state index in [9.17, 15) is 19.7 Å². The van der Waals surface area contributed by atoms with Crippen LogP contribution in [0, 0.1) is 17.0 Å². The Kier molecular flexibility index (Phi) is 8.98. The van der Waals surface area contributed by atoms with Crippen LogP contribution in [0.5, 0.6) is 11.5 Å². The molecular weight excluding hydrogens is 606 g/mol. The first-order valence-electron chi connectivity index (χ1n) is 13.6. The number of carbonyl (C=O) groups excluding carboxylic acids is 1. The molecule has 3 aromatic carbocycles. The van der Waals surface area contributed by atoms with Crippen molar-refractivity contribution in [3.05, 3.63) is 129 Å². The summed E-state index contributed by atoms with van der Waals surface area (Å²) < 4.78 is 18.6. The van der Waals surface area contributed by atoms with Gasteiger partial charge in [0.2, 0.25) is 0 Å². The molecule has 0 aliphatic carbocycles. The molecule has 4 aromatic rings. The summed E-state index contributed by atoms with van der Waals surface area (Å²) in [5.74, 6) is 0.318. The number of methoxy groups -OCH3 is 1. The molecule has 44 heavy (non-hydrogen) atoms. The van der Waals surface area contributed by atoms with Crippen molar-refractivity contribution in [3.8, 4) is 11.5 Å². The molecule has 1 aliphatic heterocycles. The summed E-state index contributed by atoms with van der Waals surface area (Å²) >= 11 is 7.40. The Morgan fingerprint density at radius 2 is 1.91 bits per heavy atom. The molecule has 0 fully saturated rings. The lowest BCUT2D eigenvalue weighted by atomic mass is 9.94. The topological polar surface area (TPSA) is 122 Å². The monoisotopic (exact) mass is 633 g/mol. The van der Waals surface area contributed by atoms with Crippen LogP contribution in [0.1, 0.15) is 42.1 Å². The predicted molar refractivity (Wildman–Crippen MR) is 167 cm³/mol. The highest BCUT2D eigenvalue weighted by Gasteiger charge is 2.34. The van der Waals surface area contributed by atoms with Crippen molar-refractivity contribution >= 4 is 40.7 Å². The Balaban J connectivity index is 1.58. The van der Waals surface area contributed by atoms with Crippen molar-refractivity contribution in [1.29, 1.82) is 0 Å². The van der Waals surface area contributed by atoms with Crippen LogP contribution in [0.25, 0.3) is 6.08 Å². The first-order valence-corrected chi connectivity index (χ1v) is 14.8. The van der Waals surface area contributed by atoms with E-state index >= 15 is 0 Å². The summed E-state index contributed by atoms with van der Waals surface area (Å²) in [6, 6.07) is 16.4. The van der Waals surface area contributed by atoms with E-state index in [4.69, 9.17) is 25.8 Å². The molecule has 0 amide bonds. The fraction of sp³-hybridized carbons (Fsp3) is 0.219. The number of benzene rings is 3. The number of rotatable bonds is 9. The van der Waals surface area contributed by atoms with Crippen LogP contribution in [-0.2, 0) is 16.1 Å². The summed E-state index contributed by atoms with van der Waals surface area (Å²) in [7, 11) is 1.52. The highest BCUT2D eigenvalue weighted by Crippen LogP contribution is 2.34. The maximum atomic E-state index is 13.9. The van der Waals surface area contributed by atoms with Crippen LogP contribution in [-0.4, -0.2) is 29.2 Å². The fourth-order valence-corrected chi connectivity index (χ4v) is 6.15. The molecule has 0 radical (unpaired) electrons. The molecule has 226 valence electrons. The Labute approximate surface area is 261 Å². The fourth-order valence-electron chi connectivity index (χ4n) is 4.92. The van der Waals surface area contributed by atoms with E-state index in [1.807, 2.05) is 18.2 Å². The van der Waals surface area contributed by atoms with Gasteiger partial charge in [-0.15, -0.1) is 0 Å².